The van der Waals surface area contributed by atoms with Crippen LogP contribution in [0.25, 0.3) is 0 Å². The van der Waals surface area contributed by atoms with E-state index in [2.05, 4.69) is 5.32 Å². The minimum atomic E-state index is -3.67. The van der Waals surface area contributed by atoms with Crippen LogP contribution >= 0.6 is 23.5 Å². The number of benzene rings is 2. The van der Waals surface area contributed by atoms with Gasteiger partial charge in [0.15, 0.2) is 0 Å². The van der Waals surface area contributed by atoms with E-state index in [0.717, 1.165) is 5.56 Å². The van der Waals surface area contributed by atoms with E-state index in [-0.39, 0.29) is 10.8 Å². The van der Waals surface area contributed by atoms with Crippen molar-refractivity contribution in [3.63, 3.8) is 0 Å². The Morgan fingerprint density at radius 2 is 1.67 bits per heavy atom. The summed E-state index contributed by atoms with van der Waals surface area (Å²) in [6.45, 7) is 0.476. The summed E-state index contributed by atoms with van der Waals surface area (Å²) in [6, 6.07) is 14.2. The molecule has 0 aliphatic carbocycles. The Morgan fingerprint density at radius 1 is 1.04 bits per heavy atom. The van der Waals surface area contributed by atoms with Crippen LogP contribution in [0.3, 0.4) is 0 Å². The zero-order chi connectivity index (χ0) is 19.3. The fourth-order valence-corrected chi connectivity index (χ4v) is 6.15. The van der Waals surface area contributed by atoms with Gasteiger partial charge in [-0.25, -0.2) is 13.6 Å². The van der Waals surface area contributed by atoms with Crippen molar-refractivity contribution in [1.82, 2.24) is 5.32 Å². The Bertz CT molecular complexity index is 875. The number of amides is 1. The third kappa shape index (κ3) is 5.75. The molecule has 5 nitrogen and oxygen atoms in total. The van der Waals surface area contributed by atoms with Crippen molar-refractivity contribution in [3.8, 4) is 0 Å². The molecular weight excluding hydrogens is 400 g/mol. The van der Waals surface area contributed by atoms with Crippen LogP contribution in [0.5, 0.6) is 0 Å². The third-order valence-corrected chi connectivity index (χ3v) is 8.17. The Morgan fingerprint density at radius 3 is 2.26 bits per heavy atom. The predicted molar refractivity (Wildman–Crippen MR) is 113 cm³/mol. The summed E-state index contributed by atoms with van der Waals surface area (Å²) in [4.78, 5) is 12.4. The van der Waals surface area contributed by atoms with E-state index >= 15 is 0 Å². The first-order valence-corrected chi connectivity index (χ1v) is 12.3. The second-order valence-corrected chi connectivity index (χ2v) is 10.5. The van der Waals surface area contributed by atoms with Crippen LogP contribution in [0.15, 0.2) is 53.4 Å². The molecule has 2 aromatic rings. The highest BCUT2D eigenvalue weighted by molar-refractivity contribution is 8.16. The van der Waals surface area contributed by atoms with Gasteiger partial charge < -0.3 is 5.32 Å². The summed E-state index contributed by atoms with van der Waals surface area (Å²) in [5, 5.41) is 7.98. The number of carbonyl (C=O) groups is 1. The molecule has 0 aromatic heterocycles. The Labute approximate surface area is 168 Å². The molecule has 0 atom stereocenters. The van der Waals surface area contributed by atoms with Crippen molar-refractivity contribution in [1.29, 1.82) is 0 Å². The van der Waals surface area contributed by atoms with Gasteiger partial charge in [0, 0.05) is 12.1 Å². The molecule has 0 bridgehead atoms. The summed E-state index contributed by atoms with van der Waals surface area (Å²) in [7, 11) is -3.67. The molecule has 0 spiro atoms. The average molecular weight is 423 g/mol. The van der Waals surface area contributed by atoms with Crippen LogP contribution in [0.1, 0.15) is 32.5 Å². The third-order valence-electron chi connectivity index (χ3n) is 4.22. The van der Waals surface area contributed by atoms with Crippen molar-refractivity contribution < 1.29 is 13.2 Å². The number of rotatable bonds is 6. The van der Waals surface area contributed by atoms with E-state index in [1.807, 2.05) is 47.8 Å². The Hall–Kier alpha value is -1.48. The highest BCUT2D eigenvalue weighted by Gasteiger charge is 2.17. The topological polar surface area (TPSA) is 89.3 Å². The predicted octanol–water partition coefficient (Wildman–Crippen LogP) is 3.18. The maximum Gasteiger partial charge on any atom is 0.251 e. The lowest BCUT2D eigenvalue weighted by Crippen LogP contribution is -2.25. The fraction of sp³-hybridized carbons (Fsp3) is 0.316. The largest absolute Gasteiger partial charge is 0.352 e. The maximum atomic E-state index is 12.3. The number of thioether (sulfide) groups is 2. The van der Waals surface area contributed by atoms with Gasteiger partial charge in [0.25, 0.3) is 5.91 Å². The first kappa shape index (κ1) is 20.3. The average Bonchev–Trinajstić information content (AvgIpc) is 2.68. The van der Waals surface area contributed by atoms with E-state index < -0.39 is 10.0 Å². The Balaban J connectivity index is 1.50. The van der Waals surface area contributed by atoms with E-state index in [0.29, 0.717) is 23.1 Å². The van der Waals surface area contributed by atoms with Crippen LogP contribution in [-0.2, 0) is 16.4 Å². The first-order valence-electron chi connectivity index (χ1n) is 8.66. The fourth-order valence-electron chi connectivity index (χ4n) is 2.74. The Kier molecular flexibility index (Phi) is 6.86. The minimum absolute atomic E-state index is 0.0877. The number of hydrogen-bond donors (Lipinski definition) is 2. The summed E-state index contributed by atoms with van der Waals surface area (Å²) < 4.78 is 23.0. The number of nitrogens with one attached hydrogen (secondary N) is 1. The highest BCUT2D eigenvalue weighted by Crippen LogP contribution is 2.43. The molecule has 3 N–H and O–H groups in total. The smallest absolute Gasteiger partial charge is 0.251 e. The molecule has 0 saturated carbocycles. The van der Waals surface area contributed by atoms with Crippen LogP contribution in [0.2, 0.25) is 0 Å². The maximum absolute atomic E-state index is 12.3. The molecule has 1 heterocycles. The highest BCUT2D eigenvalue weighted by atomic mass is 32.2. The zero-order valence-corrected chi connectivity index (χ0v) is 17.2. The van der Waals surface area contributed by atoms with Gasteiger partial charge in [0.2, 0.25) is 10.0 Å². The van der Waals surface area contributed by atoms with Crippen LogP contribution in [0, 0.1) is 0 Å². The first-order chi connectivity index (χ1) is 12.9. The number of nitrogens with two attached hydrogens (primary N) is 1. The molecule has 27 heavy (non-hydrogen) atoms. The van der Waals surface area contributed by atoms with E-state index in [1.54, 1.807) is 12.1 Å². The molecule has 2 aromatic carbocycles. The van der Waals surface area contributed by atoms with Crippen LogP contribution in [0.4, 0.5) is 0 Å². The van der Waals surface area contributed by atoms with E-state index in [4.69, 9.17) is 5.14 Å². The summed E-state index contributed by atoms with van der Waals surface area (Å²) in [5.41, 5.74) is 2.84. The molecule has 1 fully saturated rings. The van der Waals surface area contributed by atoms with Gasteiger partial charge >= 0.3 is 0 Å². The quantitative estimate of drug-likeness (QED) is 0.746. The van der Waals surface area contributed by atoms with Crippen molar-refractivity contribution in [2.24, 2.45) is 5.14 Å². The normalized spacial score (nSPS) is 15.4. The lowest BCUT2D eigenvalue weighted by Gasteiger charge is -2.21. The number of sulfonamides is 1. The molecule has 1 aliphatic heterocycles. The van der Waals surface area contributed by atoms with Gasteiger partial charge in [0.05, 0.1) is 9.48 Å². The van der Waals surface area contributed by atoms with Crippen LogP contribution < -0.4 is 10.5 Å². The molecular formula is C19H22N2O3S3. The van der Waals surface area contributed by atoms with Gasteiger partial charge in [0.1, 0.15) is 0 Å². The molecule has 0 radical (unpaired) electrons. The zero-order valence-electron chi connectivity index (χ0n) is 14.8. The van der Waals surface area contributed by atoms with Gasteiger partial charge in [-0.05, 0) is 59.7 Å². The molecule has 1 amide bonds. The molecule has 144 valence electrons. The molecule has 1 aliphatic rings. The number of hydrogen-bond acceptors (Lipinski definition) is 5. The van der Waals surface area contributed by atoms with Crippen molar-refractivity contribution >= 4 is 39.5 Å². The second kappa shape index (κ2) is 9.14. The standard InChI is InChI=1S/C19H22N2O3S3/c20-27(23,24)17-8-2-14(3-9-17)10-11-21-18(22)15-4-6-16(7-5-15)19-25-12-1-13-26-19/h2-9,19H,1,10-13H2,(H,21,22)(H2,20,23,24). The molecule has 1 saturated heterocycles. The van der Waals surface area contributed by atoms with Crippen LogP contribution in [-0.4, -0.2) is 32.4 Å². The monoisotopic (exact) mass is 422 g/mol. The van der Waals surface area contributed by atoms with Gasteiger partial charge in [-0.3, -0.25) is 4.79 Å². The summed E-state index contributed by atoms with van der Waals surface area (Å²) in [5.74, 6) is 2.28. The lowest BCUT2D eigenvalue weighted by molar-refractivity contribution is 0.0954. The molecule has 3 rings (SSSR count). The van der Waals surface area contributed by atoms with Gasteiger partial charge in [-0.15, -0.1) is 23.5 Å². The number of carbonyl (C=O) groups excluding carboxylic acids is 1. The second-order valence-electron chi connectivity index (χ2n) is 6.24. The summed E-state index contributed by atoms with van der Waals surface area (Å²) in [6.07, 6.45) is 1.88. The van der Waals surface area contributed by atoms with E-state index in [9.17, 15) is 13.2 Å². The van der Waals surface area contributed by atoms with Crippen molar-refractivity contribution in [2.45, 2.75) is 22.3 Å². The molecule has 8 heteroatoms. The SMILES string of the molecule is NS(=O)(=O)c1ccc(CCNC(=O)c2ccc(C3SCCCS3)cc2)cc1. The number of primary sulfonamides is 1. The lowest BCUT2D eigenvalue weighted by atomic mass is 10.1. The van der Waals surface area contributed by atoms with Gasteiger partial charge in [-0.2, -0.15) is 0 Å². The van der Waals surface area contributed by atoms with Gasteiger partial charge in [-0.1, -0.05) is 24.3 Å². The minimum Gasteiger partial charge on any atom is -0.352 e. The van der Waals surface area contributed by atoms with Crippen molar-refractivity contribution in [3.05, 3.63) is 65.2 Å². The van der Waals surface area contributed by atoms with Crippen molar-refractivity contribution in [2.75, 3.05) is 18.1 Å². The molecule has 0 unspecified atom stereocenters. The van der Waals surface area contributed by atoms with E-state index in [1.165, 1.54) is 35.6 Å². The summed E-state index contributed by atoms with van der Waals surface area (Å²) >= 11 is 3.92.